The molecule has 1 rings (SSSR count). The van der Waals surface area contributed by atoms with Crippen LogP contribution in [-0.4, -0.2) is 42.4 Å². The maximum absolute atomic E-state index is 12.3. The third-order valence-electron chi connectivity index (χ3n) is 2.68. The highest BCUT2D eigenvalue weighted by Crippen LogP contribution is 2.08. The molecule has 0 aliphatic rings. The van der Waals surface area contributed by atoms with Gasteiger partial charge in [0.05, 0.1) is 6.61 Å². The number of hydrogen-bond donors (Lipinski definition) is 1. The van der Waals surface area contributed by atoms with Crippen molar-refractivity contribution in [2.45, 2.75) is 6.92 Å². The minimum Gasteiger partial charge on any atom is -0.465 e. The number of esters is 1. The lowest BCUT2D eigenvalue weighted by molar-refractivity contribution is -0.143. The Morgan fingerprint density at radius 2 is 1.81 bits per heavy atom. The summed E-state index contributed by atoms with van der Waals surface area (Å²) in [5, 5.41) is 0. The Morgan fingerprint density at radius 1 is 1.24 bits per heavy atom. The topological polar surface area (TPSA) is 89.7 Å². The molecule has 6 heteroatoms. The quantitative estimate of drug-likeness (QED) is 0.598. The number of ether oxygens (including phenoxy) is 1. The van der Waals surface area contributed by atoms with E-state index < -0.39 is 11.9 Å². The molecule has 0 fully saturated rings. The van der Waals surface area contributed by atoms with Crippen LogP contribution in [0.3, 0.4) is 0 Å². The number of nitrogens with two attached hydrogens (primary N) is 1. The normalized spacial score (nSPS) is 9.76. The molecule has 0 unspecified atom stereocenters. The van der Waals surface area contributed by atoms with Crippen molar-refractivity contribution in [2.24, 2.45) is 5.73 Å². The highest BCUT2D eigenvalue weighted by molar-refractivity contribution is 5.98. The van der Waals surface area contributed by atoms with Crippen molar-refractivity contribution in [1.29, 1.82) is 0 Å². The van der Waals surface area contributed by atoms with Crippen LogP contribution in [0.2, 0.25) is 0 Å². The van der Waals surface area contributed by atoms with E-state index in [0.717, 1.165) is 0 Å². The van der Waals surface area contributed by atoms with Gasteiger partial charge in [0, 0.05) is 17.7 Å². The molecule has 0 heterocycles. The predicted octanol–water partition coefficient (Wildman–Crippen LogP) is 0.977. The Labute approximate surface area is 123 Å². The molecule has 2 amide bonds. The van der Waals surface area contributed by atoms with E-state index in [2.05, 4.69) is 6.58 Å². The number of carbonyl (C=O) groups excluding carboxylic acids is 3. The minimum atomic E-state index is -0.566. The van der Waals surface area contributed by atoms with E-state index in [1.54, 1.807) is 6.92 Å². The third-order valence-corrected chi connectivity index (χ3v) is 2.68. The van der Waals surface area contributed by atoms with Gasteiger partial charge in [-0.05, 0) is 31.2 Å². The molecule has 21 heavy (non-hydrogen) atoms. The second-order valence-electron chi connectivity index (χ2n) is 4.22. The van der Waals surface area contributed by atoms with Crippen molar-refractivity contribution in [2.75, 3.05) is 19.7 Å². The van der Waals surface area contributed by atoms with Crippen molar-refractivity contribution in [3.8, 4) is 0 Å². The molecule has 0 aliphatic heterocycles. The molecule has 0 saturated heterocycles. The van der Waals surface area contributed by atoms with Crippen molar-refractivity contribution in [3.63, 3.8) is 0 Å². The van der Waals surface area contributed by atoms with E-state index in [9.17, 15) is 14.4 Å². The van der Waals surface area contributed by atoms with Gasteiger partial charge in [-0.1, -0.05) is 6.08 Å². The summed E-state index contributed by atoms with van der Waals surface area (Å²) in [5.74, 6) is -1.40. The van der Waals surface area contributed by atoms with Gasteiger partial charge in [-0.2, -0.15) is 0 Å². The molecule has 1 aromatic rings. The van der Waals surface area contributed by atoms with Gasteiger partial charge < -0.3 is 15.4 Å². The fraction of sp³-hybridized carbons (Fsp3) is 0.267. The molecule has 6 nitrogen and oxygen atoms in total. The van der Waals surface area contributed by atoms with Crippen LogP contribution >= 0.6 is 0 Å². The highest BCUT2D eigenvalue weighted by Gasteiger charge is 2.18. The van der Waals surface area contributed by atoms with Crippen molar-refractivity contribution in [3.05, 3.63) is 48.0 Å². The van der Waals surface area contributed by atoms with Gasteiger partial charge >= 0.3 is 5.97 Å². The zero-order valence-electron chi connectivity index (χ0n) is 11.9. The molecule has 0 bridgehead atoms. The zero-order valence-corrected chi connectivity index (χ0v) is 11.9. The highest BCUT2D eigenvalue weighted by atomic mass is 16.5. The van der Waals surface area contributed by atoms with Crippen molar-refractivity contribution < 1.29 is 19.1 Å². The van der Waals surface area contributed by atoms with E-state index in [1.807, 2.05) is 0 Å². The average Bonchev–Trinajstić information content (AvgIpc) is 2.46. The molecule has 0 radical (unpaired) electrons. The fourth-order valence-corrected chi connectivity index (χ4v) is 1.70. The van der Waals surface area contributed by atoms with Crippen LogP contribution in [0.25, 0.3) is 0 Å². The summed E-state index contributed by atoms with van der Waals surface area (Å²) < 4.78 is 4.83. The van der Waals surface area contributed by atoms with E-state index in [4.69, 9.17) is 10.5 Å². The monoisotopic (exact) mass is 290 g/mol. The van der Waals surface area contributed by atoms with Crippen molar-refractivity contribution in [1.82, 2.24) is 4.90 Å². The minimum absolute atomic E-state index is 0.156. The van der Waals surface area contributed by atoms with Gasteiger partial charge in [-0.3, -0.25) is 14.4 Å². The summed E-state index contributed by atoms with van der Waals surface area (Å²) in [4.78, 5) is 36.1. The Hall–Kier alpha value is -2.63. The number of carbonyl (C=O) groups is 3. The standard InChI is InChI=1S/C15H18N2O4/c1-3-9-17(10-13(18)21-4-2)15(20)12-7-5-11(6-8-12)14(16)19/h3,5-8H,1,4,9-10H2,2H3,(H2,16,19). The largest absolute Gasteiger partial charge is 0.465 e. The first-order valence-corrected chi connectivity index (χ1v) is 6.45. The number of benzene rings is 1. The van der Waals surface area contributed by atoms with Crippen molar-refractivity contribution >= 4 is 17.8 Å². The van der Waals surface area contributed by atoms with Crippen LogP contribution in [-0.2, 0) is 9.53 Å². The first-order valence-electron chi connectivity index (χ1n) is 6.45. The zero-order chi connectivity index (χ0) is 15.8. The van der Waals surface area contributed by atoms with Crippen LogP contribution in [0.15, 0.2) is 36.9 Å². The molecule has 0 atom stereocenters. The Kier molecular flexibility index (Phi) is 6.13. The molecule has 2 N–H and O–H groups in total. The predicted molar refractivity (Wildman–Crippen MR) is 77.7 cm³/mol. The molecular formula is C15H18N2O4. The fourth-order valence-electron chi connectivity index (χ4n) is 1.70. The summed E-state index contributed by atoms with van der Waals surface area (Å²) in [6.07, 6.45) is 1.52. The van der Waals surface area contributed by atoms with Gasteiger partial charge in [-0.15, -0.1) is 6.58 Å². The summed E-state index contributed by atoms with van der Waals surface area (Å²) in [7, 11) is 0. The Morgan fingerprint density at radius 3 is 2.29 bits per heavy atom. The van der Waals surface area contributed by atoms with Crippen LogP contribution in [0.4, 0.5) is 0 Å². The number of hydrogen-bond acceptors (Lipinski definition) is 4. The summed E-state index contributed by atoms with van der Waals surface area (Å²) in [6.45, 7) is 5.57. The molecule has 0 aromatic heterocycles. The number of amides is 2. The van der Waals surface area contributed by atoms with Gasteiger partial charge in [0.25, 0.3) is 5.91 Å². The van der Waals surface area contributed by atoms with E-state index >= 15 is 0 Å². The SMILES string of the molecule is C=CCN(CC(=O)OCC)C(=O)c1ccc(C(N)=O)cc1. The van der Waals surface area contributed by atoms with Gasteiger partial charge in [-0.25, -0.2) is 0 Å². The average molecular weight is 290 g/mol. The van der Waals surface area contributed by atoms with E-state index in [1.165, 1.54) is 35.2 Å². The second kappa shape index (κ2) is 7.84. The van der Waals surface area contributed by atoms with Gasteiger partial charge in [0.15, 0.2) is 0 Å². The van der Waals surface area contributed by atoms with Crippen LogP contribution < -0.4 is 5.73 Å². The van der Waals surface area contributed by atoms with Gasteiger partial charge in [0.1, 0.15) is 6.54 Å². The molecule has 112 valence electrons. The molecule has 1 aromatic carbocycles. The van der Waals surface area contributed by atoms with Crippen LogP contribution in [0, 0.1) is 0 Å². The lowest BCUT2D eigenvalue weighted by atomic mass is 10.1. The number of primary amides is 1. The maximum atomic E-state index is 12.3. The third kappa shape index (κ3) is 4.76. The molecular weight excluding hydrogens is 272 g/mol. The maximum Gasteiger partial charge on any atom is 0.325 e. The molecule has 0 saturated carbocycles. The van der Waals surface area contributed by atoms with E-state index in [-0.39, 0.29) is 25.6 Å². The summed E-state index contributed by atoms with van der Waals surface area (Å²) >= 11 is 0. The first kappa shape index (κ1) is 16.4. The lowest BCUT2D eigenvalue weighted by Gasteiger charge is -2.20. The summed E-state index contributed by atoms with van der Waals surface area (Å²) in [5.41, 5.74) is 5.80. The Bertz CT molecular complexity index is 537. The van der Waals surface area contributed by atoms with Crippen LogP contribution in [0.1, 0.15) is 27.6 Å². The summed E-state index contributed by atoms with van der Waals surface area (Å²) in [6, 6.07) is 5.91. The number of nitrogens with zero attached hydrogens (tertiary/aromatic N) is 1. The Balaban J connectivity index is 2.86. The number of rotatable bonds is 7. The van der Waals surface area contributed by atoms with Gasteiger partial charge in [0.2, 0.25) is 5.91 Å². The van der Waals surface area contributed by atoms with E-state index in [0.29, 0.717) is 11.1 Å². The molecule has 0 aliphatic carbocycles. The smallest absolute Gasteiger partial charge is 0.325 e. The van der Waals surface area contributed by atoms with Crippen LogP contribution in [0.5, 0.6) is 0 Å². The second-order valence-corrected chi connectivity index (χ2v) is 4.22. The first-order chi connectivity index (χ1) is 9.99. The lowest BCUT2D eigenvalue weighted by Crippen LogP contribution is -2.36. The molecule has 0 spiro atoms.